The summed E-state index contributed by atoms with van der Waals surface area (Å²) in [5.74, 6) is -0.389. The molecule has 0 saturated heterocycles. The van der Waals surface area contributed by atoms with Gasteiger partial charge in [0.05, 0.1) is 4.90 Å². The van der Waals surface area contributed by atoms with Gasteiger partial charge in [0.15, 0.2) is 0 Å². The second-order valence-corrected chi connectivity index (χ2v) is 5.14. The Morgan fingerprint density at radius 3 is 2.06 bits per heavy atom. The maximum atomic E-state index is 12.7. The number of carbonyl (C=O) groups excluding carboxylic acids is 1. The number of thiol groups is 1. The molecule has 0 spiro atoms. The predicted octanol–water partition coefficient (Wildman–Crippen LogP) is 4.32. The predicted molar refractivity (Wildman–Crippen MR) is 80.1 cm³/mol. The third kappa shape index (κ3) is 7.74. The fourth-order valence-electron chi connectivity index (χ4n) is 1.29. The molecule has 0 atom stereocenters. The molecule has 0 aliphatic carbocycles. The van der Waals surface area contributed by atoms with Gasteiger partial charge in [0, 0.05) is 0 Å². The van der Waals surface area contributed by atoms with Gasteiger partial charge < -0.3 is 4.90 Å². The molecule has 0 amide bonds. The highest BCUT2D eigenvalue weighted by atomic mass is 32.2. The van der Waals surface area contributed by atoms with Crippen molar-refractivity contribution in [3.63, 3.8) is 0 Å². The van der Waals surface area contributed by atoms with Gasteiger partial charge >= 0.3 is 0 Å². The van der Waals surface area contributed by atoms with E-state index in [1.54, 1.807) is 12.1 Å². The zero-order valence-corrected chi connectivity index (χ0v) is 12.7. The first-order chi connectivity index (χ1) is 8.54. The number of nitrogens with zero attached hydrogens (tertiary/aromatic N) is 1. The summed E-state index contributed by atoms with van der Waals surface area (Å²) in [6, 6.07) is 6.08. The monoisotopic (exact) mass is 289 g/mol. The lowest BCUT2D eigenvalue weighted by atomic mass is 10.4. The van der Waals surface area contributed by atoms with Crippen LogP contribution >= 0.6 is 24.4 Å². The van der Waals surface area contributed by atoms with Gasteiger partial charge in [-0.25, -0.2) is 4.39 Å². The minimum atomic E-state index is -0.407. The molecule has 0 heterocycles. The molecule has 0 bridgehead atoms. The second-order valence-electron chi connectivity index (χ2n) is 3.42. The molecule has 5 heteroatoms. The molecule has 0 N–H and O–H groups in total. The second kappa shape index (κ2) is 10.4. The Morgan fingerprint density at radius 2 is 1.72 bits per heavy atom. The average molecular weight is 289 g/mol. The normalized spacial score (nSPS) is 9.89. The SMILES string of the molecule is CCN(CC)CC.O=C(S)Sc1ccccc1F. The molecule has 1 rings (SSSR count). The van der Waals surface area contributed by atoms with Gasteiger partial charge in [0.1, 0.15) is 5.82 Å². The van der Waals surface area contributed by atoms with Crippen molar-refractivity contribution in [2.45, 2.75) is 25.7 Å². The van der Waals surface area contributed by atoms with E-state index >= 15 is 0 Å². The lowest BCUT2D eigenvalue weighted by Crippen LogP contribution is -2.21. The Labute approximate surface area is 118 Å². The number of rotatable bonds is 4. The highest BCUT2D eigenvalue weighted by Crippen LogP contribution is 2.23. The lowest BCUT2D eigenvalue weighted by molar-refractivity contribution is 0.277. The summed E-state index contributed by atoms with van der Waals surface area (Å²) in [7, 11) is 0. The van der Waals surface area contributed by atoms with E-state index in [1.807, 2.05) is 0 Å². The molecule has 2 nitrogen and oxygen atoms in total. The third-order valence-electron chi connectivity index (χ3n) is 2.38. The number of hydrogen-bond acceptors (Lipinski definition) is 3. The Kier molecular flexibility index (Phi) is 10.1. The largest absolute Gasteiger partial charge is 0.304 e. The average Bonchev–Trinajstić information content (AvgIpc) is 2.35. The van der Waals surface area contributed by atoms with Crippen LogP contribution < -0.4 is 0 Å². The fourth-order valence-corrected chi connectivity index (χ4v) is 2.09. The quantitative estimate of drug-likeness (QED) is 0.658. The third-order valence-corrected chi connectivity index (χ3v) is 3.38. The minimum absolute atomic E-state index is 0.313. The summed E-state index contributed by atoms with van der Waals surface area (Å²) < 4.78 is 12.3. The smallest absolute Gasteiger partial charge is 0.247 e. The first-order valence-corrected chi connectivity index (χ1v) is 7.19. The van der Waals surface area contributed by atoms with Crippen molar-refractivity contribution in [3.05, 3.63) is 30.1 Å². The van der Waals surface area contributed by atoms with Crippen LogP contribution in [0, 0.1) is 5.82 Å². The van der Waals surface area contributed by atoms with Crippen LogP contribution in [-0.4, -0.2) is 29.0 Å². The van der Waals surface area contributed by atoms with E-state index in [9.17, 15) is 9.18 Å². The van der Waals surface area contributed by atoms with Crippen LogP contribution in [0.25, 0.3) is 0 Å². The van der Waals surface area contributed by atoms with Crippen LogP contribution in [0.15, 0.2) is 29.2 Å². The van der Waals surface area contributed by atoms with Gasteiger partial charge in [-0.15, -0.1) is 0 Å². The molecule has 18 heavy (non-hydrogen) atoms. The van der Waals surface area contributed by atoms with E-state index in [1.165, 1.54) is 31.8 Å². The molecule has 1 aromatic rings. The Hall–Kier alpha value is -0.520. The van der Waals surface area contributed by atoms with Gasteiger partial charge in [-0.2, -0.15) is 0 Å². The standard InChI is InChI=1S/C7H5FOS2.C6H15N/c8-5-3-1-2-4-6(5)11-7(9)10;1-4-7(5-2)6-3/h1-4H,(H,9,10);4-6H2,1-3H3. The highest BCUT2D eigenvalue weighted by Gasteiger charge is 2.03. The maximum Gasteiger partial charge on any atom is 0.247 e. The van der Waals surface area contributed by atoms with E-state index in [4.69, 9.17) is 0 Å². The van der Waals surface area contributed by atoms with Crippen molar-refractivity contribution in [3.8, 4) is 0 Å². The van der Waals surface area contributed by atoms with Gasteiger partial charge in [0.2, 0.25) is 4.45 Å². The molecule has 0 radical (unpaired) electrons. The summed E-state index contributed by atoms with van der Waals surface area (Å²) in [5.41, 5.74) is 0. The van der Waals surface area contributed by atoms with E-state index in [0.717, 1.165) is 11.8 Å². The van der Waals surface area contributed by atoms with Gasteiger partial charge in [-0.1, -0.05) is 45.5 Å². The molecule has 0 unspecified atom stereocenters. The molecule has 0 aliphatic heterocycles. The molecule has 1 aromatic carbocycles. The Balaban J connectivity index is 0.000000360. The van der Waals surface area contributed by atoms with Gasteiger partial charge in [-0.05, 0) is 43.5 Å². The van der Waals surface area contributed by atoms with Crippen molar-refractivity contribution >= 4 is 28.8 Å². The first-order valence-electron chi connectivity index (χ1n) is 5.92. The zero-order valence-electron chi connectivity index (χ0n) is 11.0. The van der Waals surface area contributed by atoms with E-state index in [0.29, 0.717) is 4.90 Å². The van der Waals surface area contributed by atoms with Crippen LogP contribution in [0.3, 0.4) is 0 Å². The van der Waals surface area contributed by atoms with E-state index < -0.39 is 4.45 Å². The van der Waals surface area contributed by atoms with Crippen molar-refractivity contribution in [2.75, 3.05) is 19.6 Å². The number of hydrogen-bond donors (Lipinski definition) is 1. The maximum absolute atomic E-state index is 12.7. The Bertz CT molecular complexity index is 351. The number of benzene rings is 1. The van der Waals surface area contributed by atoms with Crippen LogP contribution in [0.5, 0.6) is 0 Å². The van der Waals surface area contributed by atoms with Crippen molar-refractivity contribution in [1.82, 2.24) is 4.90 Å². The van der Waals surface area contributed by atoms with Crippen LogP contribution in [-0.2, 0) is 0 Å². The molecule has 0 fully saturated rings. The fraction of sp³-hybridized carbons (Fsp3) is 0.462. The van der Waals surface area contributed by atoms with Crippen molar-refractivity contribution < 1.29 is 9.18 Å². The van der Waals surface area contributed by atoms with Crippen molar-refractivity contribution in [2.24, 2.45) is 0 Å². The Morgan fingerprint density at radius 1 is 1.22 bits per heavy atom. The van der Waals surface area contributed by atoms with Crippen LogP contribution in [0.2, 0.25) is 0 Å². The molecule has 102 valence electrons. The van der Waals surface area contributed by atoms with Crippen LogP contribution in [0.4, 0.5) is 9.18 Å². The molecule has 0 aliphatic rings. The lowest BCUT2D eigenvalue weighted by Gasteiger charge is -2.13. The van der Waals surface area contributed by atoms with Gasteiger partial charge in [-0.3, -0.25) is 4.79 Å². The summed E-state index contributed by atoms with van der Waals surface area (Å²) in [6.07, 6.45) is 0. The van der Waals surface area contributed by atoms with E-state index in [-0.39, 0.29) is 5.82 Å². The van der Waals surface area contributed by atoms with E-state index in [2.05, 4.69) is 38.3 Å². The summed E-state index contributed by atoms with van der Waals surface area (Å²) >= 11 is 4.29. The molecular formula is C13H20FNOS2. The first kappa shape index (κ1) is 17.5. The molecule has 0 aromatic heterocycles. The summed E-state index contributed by atoms with van der Waals surface area (Å²) in [5, 5.41) is 0. The number of halogens is 1. The van der Waals surface area contributed by atoms with Crippen LogP contribution in [0.1, 0.15) is 20.8 Å². The zero-order chi connectivity index (χ0) is 14.0. The number of carbonyl (C=O) groups is 1. The topological polar surface area (TPSA) is 20.3 Å². The van der Waals surface area contributed by atoms with Crippen molar-refractivity contribution in [1.29, 1.82) is 0 Å². The highest BCUT2D eigenvalue weighted by molar-refractivity contribution is 8.32. The molecular weight excluding hydrogens is 269 g/mol. The minimum Gasteiger partial charge on any atom is -0.304 e. The number of thioether (sulfide) groups is 1. The molecule has 0 saturated carbocycles. The summed E-state index contributed by atoms with van der Waals surface area (Å²) in [4.78, 5) is 13.1. The van der Waals surface area contributed by atoms with Gasteiger partial charge in [0.25, 0.3) is 0 Å². The summed E-state index contributed by atoms with van der Waals surface area (Å²) in [6.45, 7) is 10.1.